The topological polar surface area (TPSA) is 130 Å². The van der Waals surface area contributed by atoms with Crippen LogP contribution in [-0.2, 0) is 21.5 Å². The summed E-state index contributed by atoms with van der Waals surface area (Å²) in [4.78, 5) is 11.4. The summed E-state index contributed by atoms with van der Waals surface area (Å²) in [5.74, 6) is -0.347. The lowest BCUT2D eigenvalue weighted by molar-refractivity contribution is -0.194. The molecule has 0 aromatic carbocycles. The van der Waals surface area contributed by atoms with E-state index >= 15 is 0 Å². The van der Waals surface area contributed by atoms with Crippen LogP contribution in [0.5, 0.6) is 0 Å². The average molecular weight is 342 g/mol. The summed E-state index contributed by atoms with van der Waals surface area (Å²) in [6.45, 7) is 6.86. The van der Waals surface area contributed by atoms with Gasteiger partial charge in [-0.25, -0.2) is 4.68 Å². The molecule has 4 N–H and O–H groups in total. The lowest BCUT2D eigenvalue weighted by Gasteiger charge is -2.42. The van der Waals surface area contributed by atoms with Crippen molar-refractivity contribution < 1.29 is 24.9 Å². The maximum absolute atomic E-state index is 11.4. The van der Waals surface area contributed by atoms with Crippen LogP contribution in [0, 0.1) is 0 Å². The van der Waals surface area contributed by atoms with E-state index < -0.39 is 37.1 Å². The van der Waals surface area contributed by atoms with Crippen molar-refractivity contribution in [1.29, 1.82) is 0 Å². The second kappa shape index (κ2) is 7.14. The van der Waals surface area contributed by atoms with E-state index in [2.05, 4.69) is 15.6 Å². The molecule has 0 unspecified atom stereocenters. The average Bonchev–Trinajstić information content (AvgIpc) is 2.95. The van der Waals surface area contributed by atoms with Gasteiger partial charge in [-0.05, 0) is 20.8 Å². The predicted octanol–water partition coefficient (Wildman–Crippen LogP) is -1.44. The van der Waals surface area contributed by atoms with Crippen LogP contribution in [-0.4, -0.2) is 73.3 Å². The highest BCUT2D eigenvalue weighted by Gasteiger charge is 2.44. The number of aromatic nitrogens is 3. The van der Waals surface area contributed by atoms with Crippen molar-refractivity contribution in [3.63, 3.8) is 0 Å². The van der Waals surface area contributed by atoms with Crippen molar-refractivity contribution in [3.8, 4) is 0 Å². The number of rotatable bonds is 4. The molecule has 1 aliphatic rings. The molecule has 0 radical (unpaired) electrons. The zero-order valence-corrected chi connectivity index (χ0v) is 14.4. The Bertz CT molecular complexity index is 570. The quantitative estimate of drug-likeness (QED) is 0.527. The van der Waals surface area contributed by atoms with E-state index in [9.17, 15) is 20.1 Å². The molecular weight excluding hydrogens is 316 g/mol. The highest BCUT2D eigenvalue weighted by Crippen LogP contribution is 2.24. The van der Waals surface area contributed by atoms with Gasteiger partial charge in [0.15, 0.2) is 0 Å². The lowest BCUT2D eigenvalue weighted by atomic mass is 9.90. The Morgan fingerprint density at radius 1 is 1.33 bits per heavy atom. The zero-order valence-electron chi connectivity index (χ0n) is 14.4. The van der Waals surface area contributed by atoms with E-state index in [1.165, 1.54) is 6.92 Å². The van der Waals surface area contributed by atoms with E-state index in [4.69, 9.17) is 4.74 Å². The number of nitrogens with one attached hydrogen (secondary N) is 1. The second-order valence-electron chi connectivity index (χ2n) is 7.13. The molecule has 24 heavy (non-hydrogen) atoms. The first kappa shape index (κ1) is 18.8. The molecule has 1 saturated heterocycles. The third-order valence-electron chi connectivity index (χ3n) is 4.04. The Morgan fingerprint density at radius 3 is 2.50 bits per heavy atom. The molecule has 1 amide bonds. The van der Waals surface area contributed by atoms with Gasteiger partial charge >= 0.3 is 0 Å². The molecule has 1 aromatic heterocycles. The van der Waals surface area contributed by atoms with Gasteiger partial charge < -0.3 is 25.4 Å². The molecule has 9 nitrogen and oxygen atoms in total. The van der Waals surface area contributed by atoms with Gasteiger partial charge in [0.2, 0.25) is 5.91 Å². The third-order valence-corrected chi connectivity index (χ3v) is 4.04. The SMILES string of the molecule is CC(=O)N[C@@H]1[C@@H](O)[C@@H](O)[C@@H](CO)O[C@@H]1Cc1cn(C(C)(C)C)nn1. The van der Waals surface area contributed by atoms with Crippen molar-refractivity contribution >= 4 is 5.91 Å². The van der Waals surface area contributed by atoms with Crippen LogP contribution in [0.1, 0.15) is 33.4 Å². The number of carbonyl (C=O) groups excluding carboxylic acids is 1. The van der Waals surface area contributed by atoms with E-state index in [1.54, 1.807) is 10.9 Å². The maximum atomic E-state index is 11.4. The monoisotopic (exact) mass is 342 g/mol. The minimum Gasteiger partial charge on any atom is -0.394 e. The molecule has 0 saturated carbocycles. The Hall–Kier alpha value is -1.55. The first-order valence-electron chi connectivity index (χ1n) is 7.94. The fraction of sp³-hybridized carbons (Fsp3) is 0.800. The molecular formula is C15H26N4O5. The number of carbonyl (C=O) groups is 1. The molecule has 136 valence electrons. The van der Waals surface area contributed by atoms with Gasteiger partial charge in [-0.15, -0.1) is 5.10 Å². The largest absolute Gasteiger partial charge is 0.394 e. The Labute approximate surface area is 140 Å². The number of amides is 1. The van der Waals surface area contributed by atoms with Gasteiger partial charge in [-0.1, -0.05) is 5.21 Å². The van der Waals surface area contributed by atoms with Gasteiger partial charge in [-0.2, -0.15) is 0 Å². The number of aliphatic hydroxyl groups excluding tert-OH is 3. The van der Waals surface area contributed by atoms with E-state index in [0.717, 1.165) is 0 Å². The van der Waals surface area contributed by atoms with E-state index in [-0.39, 0.29) is 17.9 Å². The number of aliphatic hydroxyl groups is 3. The van der Waals surface area contributed by atoms with Crippen LogP contribution >= 0.6 is 0 Å². The number of ether oxygens (including phenoxy) is 1. The van der Waals surface area contributed by atoms with Gasteiger partial charge in [0.25, 0.3) is 0 Å². The van der Waals surface area contributed by atoms with Crippen LogP contribution in [0.25, 0.3) is 0 Å². The van der Waals surface area contributed by atoms with Gasteiger partial charge in [-0.3, -0.25) is 4.79 Å². The molecule has 0 spiro atoms. The van der Waals surface area contributed by atoms with Gasteiger partial charge in [0.1, 0.15) is 18.3 Å². The summed E-state index contributed by atoms with van der Waals surface area (Å²) in [5.41, 5.74) is 0.407. The lowest BCUT2D eigenvalue weighted by Crippen LogP contribution is -2.64. The van der Waals surface area contributed by atoms with Crippen LogP contribution in [0.2, 0.25) is 0 Å². The second-order valence-corrected chi connectivity index (χ2v) is 7.13. The Balaban J connectivity index is 2.20. The molecule has 2 heterocycles. The molecule has 1 fully saturated rings. The third kappa shape index (κ3) is 4.10. The zero-order chi connectivity index (χ0) is 18.1. The Kier molecular flexibility index (Phi) is 5.59. The van der Waals surface area contributed by atoms with Crippen molar-refractivity contribution in [3.05, 3.63) is 11.9 Å². The molecule has 0 aliphatic carbocycles. The summed E-state index contributed by atoms with van der Waals surface area (Å²) in [6.07, 6.45) is -2.04. The highest BCUT2D eigenvalue weighted by molar-refractivity contribution is 5.73. The fourth-order valence-electron chi connectivity index (χ4n) is 2.71. The molecule has 0 bridgehead atoms. The predicted molar refractivity (Wildman–Crippen MR) is 84.1 cm³/mol. The Morgan fingerprint density at radius 2 is 2.00 bits per heavy atom. The maximum Gasteiger partial charge on any atom is 0.217 e. The summed E-state index contributed by atoms with van der Waals surface area (Å²) in [5, 5.41) is 40.4. The summed E-state index contributed by atoms with van der Waals surface area (Å²) in [7, 11) is 0. The van der Waals surface area contributed by atoms with Gasteiger partial charge in [0, 0.05) is 19.5 Å². The van der Waals surface area contributed by atoms with E-state index in [0.29, 0.717) is 5.69 Å². The normalized spacial score (nSPS) is 31.0. The molecule has 1 aliphatic heterocycles. The van der Waals surface area contributed by atoms with Crippen LogP contribution in [0.4, 0.5) is 0 Å². The van der Waals surface area contributed by atoms with Crippen molar-refractivity contribution in [2.75, 3.05) is 6.61 Å². The minimum absolute atomic E-state index is 0.223. The number of hydrogen-bond donors (Lipinski definition) is 4. The van der Waals surface area contributed by atoms with Crippen molar-refractivity contribution in [2.45, 2.75) is 70.1 Å². The number of hydrogen-bond acceptors (Lipinski definition) is 7. The first-order chi connectivity index (χ1) is 11.1. The summed E-state index contributed by atoms with van der Waals surface area (Å²) >= 11 is 0. The molecule has 5 atom stereocenters. The fourth-order valence-corrected chi connectivity index (χ4v) is 2.71. The first-order valence-corrected chi connectivity index (χ1v) is 7.94. The minimum atomic E-state index is -1.28. The highest BCUT2D eigenvalue weighted by atomic mass is 16.5. The molecule has 9 heteroatoms. The van der Waals surface area contributed by atoms with E-state index in [1.807, 2.05) is 20.8 Å². The standard InChI is InChI=1S/C15H26N4O5/c1-8(21)16-12-10(24-11(7-20)13(22)14(12)23)5-9-6-19(18-17-9)15(2,3)4/h6,10-14,20,22-23H,5,7H2,1-4H3,(H,16,21)/t10-,11-,12+,13+,14-/m1/s1. The smallest absolute Gasteiger partial charge is 0.217 e. The molecule has 1 aromatic rings. The van der Waals surface area contributed by atoms with Gasteiger partial charge in [0.05, 0.1) is 30.0 Å². The van der Waals surface area contributed by atoms with Crippen LogP contribution in [0.15, 0.2) is 6.20 Å². The summed E-state index contributed by atoms with van der Waals surface area (Å²) < 4.78 is 7.39. The van der Waals surface area contributed by atoms with Crippen LogP contribution in [0.3, 0.4) is 0 Å². The van der Waals surface area contributed by atoms with Crippen molar-refractivity contribution in [1.82, 2.24) is 20.3 Å². The number of nitrogens with zero attached hydrogens (tertiary/aromatic N) is 3. The molecule has 2 rings (SSSR count). The summed E-state index contributed by atoms with van der Waals surface area (Å²) in [6, 6.07) is -0.805. The van der Waals surface area contributed by atoms with Crippen LogP contribution < -0.4 is 5.32 Å². The van der Waals surface area contributed by atoms with Crippen molar-refractivity contribution in [2.24, 2.45) is 0 Å².